The molecule has 0 amide bonds. The largest absolute Gasteiger partial charge is 0.437 e. The Morgan fingerprint density at radius 2 is 1.79 bits per heavy atom. The number of para-hydroxylation sites is 1. The maximum atomic E-state index is 10.8. The van der Waals surface area contributed by atoms with Crippen molar-refractivity contribution in [3.63, 3.8) is 0 Å². The summed E-state index contributed by atoms with van der Waals surface area (Å²) in [7, 11) is 0. The standard InChI is InChI=1S/C20H22BrNO2/c1-5-10-20(23,11-6-2)16-12-17(21)19(22-13-16)24-18-14(3)8-7-9-15(18)4/h5-9,12-13,23H,1-2,10-11H2,3-4H3. The number of benzene rings is 1. The highest BCUT2D eigenvalue weighted by molar-refractivity contribution is 9.10. The maximum absolute atomic E-state index is 10.8. The van der Waals surface area contributed by atoms with Crippen LogP contribution in [0.4, 0.5) is 0 Å². The smallest absolute Gasteiger partial charge is 0.233 e. The zero-order valence-electron chi connectivity index (χ0n) is 14.1. The van der Waals surface area contributed by atoms with Gasteiger partial charge in [-0.3, -0.25) is 0 Å². The third kappa shape index (κ3) is 3.94. The van der Waals surface area contributed by atoms with Crippen LogP contribution < -0.4 is 4.74 Å². The summed E-state index contributed by atoms with van der Waals surface area (Å²) in [5.41, 5.74) is 1.73. The topological polar surface area (TPSA) is 42.4 Å². The molecule has 0 saturated heterocycles. The first kappa shape index (κ1) is 18.4. The minimum absolute atomic E-state index is 0.421. The van der Waals surface area contributed by atoms with E-state index in [0.717, 1.165) is 16.9 Å². The molecule has 2 rings (SSSR count). The Kier molecular flexibility index (Phi) is 5.97. The Morgan fingerprint density at radius 1 is 1.21 bits per heavy atom. The summed E-state index contributed by atoms with van der Waals surface area (Å²) in [5.74, 6) is 1.27. The number of halogens is 1. The minimum atomic E-state index is -1.06. The van der Waals surface area contributed by atoms with E-state index >= 15 is 0 Å². The van der Waals surface area contributed by atoms with Gasteiger partial charge in [-0.2, -0.15) is 0 Å². The van der Waals surface area contributed by atoms with Crippen molar-refractivity contribution in [2.75, 3.05) is 0 Å². The van der Waals surface area contributed by atoms with Crippen LogP contribution in [0.3, 0.4) is 0 Å². The maximum Gasteiger partial charge on any atom is 0.233 e. The van der Waals surface area contributed by atoms with E-state index in [1.807, 2.05) is 38.1 Å². The van der Waals surface area contributed by atoms with Crippen LogP contribution in [-0.2, 0) is 5.60 Å². The van der Waals surface area contributed by atoms with Gasteiger partial charge in [0.2, 0.25) is 5.88 Å². The third-order valence-corrected chi connectivity index (χ3v) is 4.48. The van der Waals surface area contributed by atoms with Gasteiger partial charge in [0.05, 0.1) is 10.1 Å². The zero-order chi connectivity index (χ0) is 17.7. The molecule has 0 spiro atoms. The molecule has 1 aromatic heterocycles. The molecule has 1 aromatic carbocycles. The van der Waals surface area contributed by atoms with Gasteiger partial charge in [0.25, 0.3) is 0 Å². The Bertz CT molecular complexity index is 725. The quantitative estimate of drug-likeness (QED) is 0.629. The molecule has 0 bridgehead atoms. The highest BCUT2D eigenvalue weighted by Gasteiger charge is 2.27. The number of pyridine rings is 1. The number of aryl methyl sites for hydroxylation is 2. The van der Waals surface area contributed by atoms with E-state index in [-0.39, 0.29) is 0 Å². The molecule has 0 fully saturated rings. The predicted octanol–water partition coefficient (Wildman–Crippen LogP) is 5.59. The summed E-state index contributed by atoms with van der Waals surface area (Å²) in [6, 6.07) is 7.83. The average molecular weight is 388 g/mol. The monoisotopic (exact) mass is 387 g/mol. The minimum Gasteiger partial charge on any atom is -0.437 e. The fourth-order valence-corrected chi connectivity index (χ4v) is 3.04. The zero-order valence-corrected chi connectivity index (χ0v) is 15.6. The highest BCUT2D eigenvalue weighted by Crippen LogP contribution is 2.36. The molecule has 0 atom stereocenters. The average Bonchev–Trinajstić information content (AvgIpc) is 2.53. The normalized spacial score (nSPS) is 11.2. The Labute approximate surface area is 151 Å². The molecule has 4 heteroatoms. The van der Waals surface area contributed by atoms with Crippen molar-refractivity contribution in [3.05, 3.63) is 76.9 Å². The van der Waals surface area contributed by atoms with Crippen LogP contribution in [0, 0.1) is 13.8 Å². The molecule has 1 N–H and O–H groups in total. The number of nitrogens with zero attached hydrogens (tertiary/aromatic N) is 1. The number of ether oxygens (including phenoxy) is 1. The van der Waals surface area contributed by atoms with E-state index < -0.39 is 5.60 Å². The summed E-state index contributed by atoms with van der Waals surface area (Å²) in [6.07, 6.45) is 5.87. The SMILES string of the molecule is C=CCC(O)(CC=C)c1cnc(Oc2c(C)cccc2C)c(Br)c1. The summed E-state index contributed by atoms with van der Waals surface area (Å²) in [5, 5.41) is 10.8. The number of rotatable bonds is 7. The highest BCUT2D eigenvalue weighted by atomic mass is 79.9. The summed E-state index contributed by atoms with van der Waals surface area (Å²) < 4.78 is 6.67. The molecule has 1 heterocycles. The molecule has 24 heavy (non-hydrogen) atoms. The molecule has 0 saturated carbocycles. The summed E-state index contributed by atoms with van der Waals surface area (Å²) in [6.45, 7) is 11.4. The van der Waals surface area contributed by atoms with Crippen molar-refractivity contribution in [2.45, 2.75) is 32.3 Å². The van der Waals surface area contributed by atoms with Crippen LogP contribution in [0.15, 0.2) is 60.2 Å². The van der Waals surface area contributed by atoms with Crippen molar-refractivity contribution in [1.82, 2.24) is 4.98 Å². The lowest BCUT2D eigenvalue weighted by molar-refractivity contribution is 0.0425. The van der Waals surface area contributed by atoms with E-state index in [2.05, 4.69) is 34.1 Å². The second-order valence-corrected chi connectivity index (χ2v) is 6.71. The Morgan fingerprint density at radius 3 is 2.29 bits per heavy atom. The van der Waals surface area contributed by atoms with Crippen molar-refractivity contribution in [1.29, 1.82) is 0 Å². The van der Waals surface area contributed by atoms with E-state index in [9.17, 15) is 5.11 Å². The Hall–Kier alpha value is -1.91. The van der Waals surface area contributed by atoms with Crippen molar-refractivity contribution < 1.29 is 9.84 Å². The molecule has 3 nitrogen and oxygen atoms in total. The van der Waals surface area contributed by atoms with Crippen molar-refractivity contribution in [2.24, 2.45) is 0 Å². The first-order valence-electron chi connectivity index (χ1n) is 7.75. The van der Waals surface area contributed by atoms with Gasteiger partial charge < -0.3 is 9.84 Å². The van der Waals surface area contributed by atoms with Crippen LogP contribution in [0.5, 0.6) is 11.6 Å². The summed E-state index contributed by atoms with van der Waals surface area (Å²) >= 11 is 3.50. The Balaban J connectivity index is 2.36. The van der Waals surface area contributed by atoms with Gasteiger partial charge in [-0.05, 0) is 59.8 Å². The van der Waals surface area contributed by atoms with E-state index in [1.165, 1.54) is 0 Å². The van der Waals surface area contributed by atoms with Gasteiger partial charge in [-0.15, -0.1) is 13.2 Å². The van der Waals surface area contributed by atoms with Crippen molar-refractivity contribution in [3.8, 4) is 11.6 Å². The number of hydrogen-bond acceptors (Lipinski definition) is 3. The number of aliphatic hydroxyl groups is 1. The molecule has 0 aliphatic heterocycles. The molecule has 0 aliphatic rings. The molecule has 0 unspecified atom stereocenters. The van der Waals surface area contributed by atoms with Gasteiger partial charge in [-0.25, -0.2) is 4.98 Å². The third-order valence-electron chi connectivity index (χ3n) is 3.92. The van der Waals surface area contributed by atoms with Crippen LogP contribution in [0.25, 0.3) is 0 Å². The first-order chi connectivity index (χ1) is 11.4. The van der Waals surface area contributed by atoms with Crippen LogP contribution in [-0.4, -0.2) is 10.1 Å². The molecule has 0 aliphatic carbocycles. The van der Waals surface area contributed by atoms with E-state index in [1.54, 1.807) is 18.3 Å². The lowest BCUT2D eigenvalue weighted by Gasteiger charge is -2.26. The number of hydrogen-bond donors (Lipinski definition) is 1. The fourth-order valence-electron chi connectivity index (χ4n) is 2.61. The van der Waals surface area contributed by atoms with Crippen LogP contribution in [0.1, 0.15) is 29.5 Å². The lowest BCUT2D eigenvalue weighted by Crippen LogP contribution is -2.24. The van der Waals surface area contributed by atoms with E-state index in [0.29, 0.717) is 28.8 Å². The van der Waals surface area contributed by atoms with Gasteiger partial charge >= 0.3 is 0 Å². The first-order valence-corrected chi connectivity index (χ1v) is 8.55. The van der Waals surface area contributed by atoms with Gasteiger partial charge in [0.1, 0.15) is 5.75 Å². The number of aromatic nitrogens is 1. The van der Waals surface area contributed by atoms with Crippen molar-refractivity contribution >= 4 is 15.9 Å². The fraction of sp³-hybridized carbons (Fsp3) is 0.250. The van der Waals surface area contributed by atoms with Crippen LogP contribution in [0.2, 0.25) is 0 Å². The second-order valence-electron chi connectivity index (χ2n) is 5.85. The lowest BCUT2D eigenvalue weighted by atomic mass is 9.88. The summed E-state index contributed by atoms with van der Waals surface area (Å²) in [4.78, 5) is 4.39. The molecule has 0 radical (unpaired) electrons. The van der Waals surface area contributed by atoms with Gasteiger partial charge in [0, 0.05) is 11.8 Å². The van der Waals surface area contributed by atoms with Gasteiger partial charge in [-0.1, -0.05) is 30.4 Å². The molecule has 2 aromatic rings. The second kappa shape index (κ2) is 7.77. The molecule has 126 valence electrons. The molecular formula is C20H22BrNO2. The van der Waals surface area contributed by atoms with Gasteiger partial charge in [0.15, 0.2) is 0 Å². The van der Waals surface area contributed by atoms with Crippen LogP contribution >= 0.6 is 15.9 Å². The van der Waals surface area contributed by atoms with E-state index in [4.69, 9.17) is 4.74 Å². The predicted molar refractivity (Wildman–Crippen MR) is 101 cm³/mol. The molecular weight excluding hydrogens is 366 g/mol.